The molecule has 0 aromatic rings. The first kappa shape index (κ1) is 25.7. The van der Waals surface area contributed by atoms with Gasteiger partial charge in [0.05, 0.1) is 31.8 Å². The van der Waals surface area contributed by atoms with Crippen molar-refractivity contribution in [2.45, 2.75) is 108 Å². The Kier molecular flexibility index (Phi) is 19.2. The highest BCUT2D eigenvalue weighted by molar-refractivity contribution is 6.21. The summed E-state index contributed by atoms with van der Waals surface area (Å²) in [7, 11) is 1.43. The Balaban J connectivity index is 3.81. The van der Waals surface area contributed by atoms with Crippen molar-refractivity contribution in [3.8, 4) is 0 Å². The van der Waals surface area contributed by atoms with Crippen molar-refractivity contribution in [2.24, 2.45) is 0 Å². The number of ether oxygens (including phenoxy) is 2. The first-order valence-electron chi connectivity index (χ1n) is 10.6. The molecule has 0 heterocycles. The number of carbonyl (C=O) groups excluding carboxylic acids is 1. The van der Waals surface area contributed by atoms with Gasteiger partial charge in [-0.3, -0.25) is 4.79 Å². The minimum Gasteiger partial charge on any atom is -0.469 e. The second-order valence-corrected chi connectivity index (χ2v) is 7.65. The summed E-state index contributed by atoms with van der Waals surface area (Å²) >= 11 is 6.58. The lowest BCUT2D eigenvalue weighted by Crippen LogP contribution is -2.26. The third kappa shape index (κ3) is 15.9. The summed E-state index contributed by atoms with van der Waals surface area (Å²) in [5.41, 5.74) is 0. The third-order valence-electron chi connectivity index (χ3n) is 4.76. The first-order valence-corrected chi connectivity index (χ1v) is 11.0. The second kappa shape index (κ2) is 19.4. The smallest absolute Gasteiger partial charge is 0.305 e. The minimum absolute atomic E-state index is 0.0206. The number of unbranched alkanes of at least 4 members (excludes halogenated alkanes) is 9. The number of aliphatic hydroxyl groups is 1. The Morgan fingerprint density at radius 3 is 2.12 bits per heavy atom. The molecule has 5 heteroatoms. The molecule has 0 aliphatic carbocycles. The van der Waals surface area contributed by atoms with E-state index in [1.165, 1.54) is 39.2 Å². The monoisotopic (exact) mass is 392 g/mol. The van der Waals surface area contributed by atoms with Gasteiger partial charge >= 0.3 is 5.97 Å². The van der Waals surface area contributed by atoms with E-state index in [9.17, 15) is 4.79 Å². The molecule has 4 nitrogen and oxygen atoms in total. The Labute approximate surface area is 166 Å². The summed E-state index contributed by atoms with van der Waals surface area (Å²) in [6.45, 7) is 2.66. The lowest BCUT2D eigenvalue weighted by molar-refractivity contribution is -0.140. The largest absolute Gasteiger partial charge is 0.469 e. The fourth-order valence-electron chi connectivity index (χ4n) is 3.13. The van der Waals surface area contributed by atoms with Crippen molar-refractivity contribution >= 4 is 17.6 Å². The van der Waals surface area contributed by atoms with Crippen LogP contribution in [-0.4, -0.2) is 42.9 Å². The highest BCUT2D eigenvalue weighted by Crippen LogP contribution is 2.21. The molecule has 0 saturated carbocycles. The fraction of sp³-hybridized carbons (Fsp3) is 0.952. The van der Waals surface area contributed by atoms with Gasteiger partial charge in [0, 0.05) is 6.42 Å². The number of rotatable bonds is 19. The third-order valence-corrected chi connectivity index (χ3v) is 5.26. The van der Waals surface area contributed by atoms with Crippen LogP contribution in [0.1, 0.15) is 96.8 Å². The van der Waals surface area contributed by atoms with Crippen LogP contribution in [0.25, 0.3) is 0 Å². The van der Waals surface area contributed by atoms with Crippen molar-refractivity contribution in [2.75, 3.05) is 20.3 Å². The van der Waals surface area contributed by atoms with Crippen molar-refractivity contribution in [3.05, 3.63) is 0 Å². The van der Waals surface area contributed by atoms with Crippen LogP contribution < -0.4 is 0 Å². The van der Waals surface area contributed by atoms with Crippen LogP contribution in [0.2, 0.25) is 0 Å². The highest BCUT2D eigenvalue weighted by Gasteiger charge is 2.19. The molecule has 1 N–H and O–H groups in total. The van der Waals surface area contributed by atoms with Crippen LogP contribution in [0, 0.1) is 0 Å². The van der Waals surface area contributed by atoms with Crippen molar-refractivity contribution in [1.82, 2.24) is 0 Å². The standard InChI is InChI=1S/C21H41ClO4/c1-3-4-5-6-9-12-15-20(26-18-17-23)19(22)14-11-8-7-10-13-16-21(24)25-2/h19-20,23H,3-18H2,1-2H3. The molecule has 0 aromatic carbocycles. The summed E-state index contributed by atoms with van der Waals surface area (Å²) in [5.74, 6) is -0.121. The number of alkyl halides is 1. The van der Waals surface area contributed by atoms with Gasteiger partial charge in [0.2, 0.25) is 0 Å². The van der Waals surface area contributed by atoms with Crippen molar-refractivity contribution in [3.63, 3.8) is 0 Å². The molecule has 156 valence electrons. The van der Waals surface area contributed by atoms with E-state index in [0.717, 1.165) is 51.4 Å². The summed E-state index contributed by atoms with van der Waals surface area (Å²) in [5, 5.41) is 9.04. The Hall–Kier alpha value is -0.320. The second-order valence-electron chi connectivity index (χ2n) is 7.09. The Bertz CT molecular complexity index is 312. The number of hydrogen-bond donors (Lipinski definition) is 1. The van der Waals surface area contributed by atoms with Gasteiger partial charge in [-0.1, -0.05) is 71.1 Å². The average molecular weight is 393 g/mol. The maximum Gasteiger partial charge on any atom is 0.305 e. The average Bonchev–Trinajstić information content (AvgIpc) is 2.65. The van der Waals surface area contributed by atoms with Crippen LogP contribution in [0.3, 0.4) is 0 Å². The molecule has 26 heavy (non-hydrogen) atoms. The molecule has 2 atom stereocenters. The molecule has 0 aliphatic heterocycles. The van der Waals surface area contributed by atoms with E-state index < -0.39 is 0 Å². The number of aliphatic hydroxyl groups excluding tert-OH is 1. The maximum absolute atomic E-state index is 11.0. The van der Waals surface area contributed by atoms with E-state index in [1.807, 2.05) is 0 Å². The molecule has 0 bridgehead atoms. The molecular weight excluding hydrogens is 352 g/mol. The molecule has 0 rings (SSSR count). The quantitative estimate of drug-likeness (QED) is 0.176. The number of halogens is 1. The fourth-order valence-corrected chi connectivity index (χ4v) is 3.48. The number of carbonyl (C=O) groups is 1. The van der Waals surface area contributed by atoms with Gasteiger partial charge in [-0.2, -0.15) is 0 Å². The molecule has 2 unspecified atom stereocenters. The van der Waals surface area contributed by atoms with E-state index >= 15 is 0 Å². The summed E-state index contributed by atoms with van der Waals surface area (Å²) in [4.78, 5) is 11.0. The Morgan fingerprint density at radius 2 is 1.50 bits per heavy atom. The summed E-state index contributed by atoms with van der Waals surface area (Å²) in [6, 6.07) is 0. The minimum atomic E-state index is -0.121. The van der Waals surface area contributed by atoms with Crippen LogP contribution in [-0.2, 0) is 14.3 Å². The van der Waals surface area contributed by atoms with E-state index in [2.05, 4.69) is 11.7 Å². The van der Waals surface area contributed by atoms with E-state index in [1.54, 1.807) is 0 Å². The van der Waals surface area contributed by atoms with Gasteiger partial charge in [0.1, 0.15) is 0 Å². The zero-order valence-electron chi connectivity index (χ0n) is 17.0. The van der Waals surface area contributed by atoms with Crippen molar-refractivity contribution in [1.29, 1.82) is 0 Å². The predicted octanol–water partition coefficient (Wildman–Crippen LogP) is 5.63. The van der Waals surface area contributed by atoms with Gasteiger partial charge < -0.3 is 14.6 Å². The van der Waals surface area contributed by atoms with Crippen LogP contribution in [0.15, 0.2) is 0 Å². The molecule has 0 spiro atoms. The predicted molar refractivity (Wildman–Crippen MR) is 109 cm³/mol. The summed E-state index contributed by atoms with van der Waals surface area (Å²) in [6.07, 6.45) is 15.4. The van der Waals surface area contributed by atoms with Crippen molar-refractivity contribution < 1.29 is 19.4 Å². The molecule has 0 amide bonds. The first-order chi connectivity index (χ1) is 12.7. The zero-order chi connectivity index (χ0) is 19.5. The zero-order valence-corrected chi connectivity index (χ0v) is 17.8. The molecule has 0 fully saturated rings. The Morgan fingerprint density at radius 1 is 0.923 bits per heavy atom. The van der Waals surface area contributed by atoms with Crippen LogP contribution in [0.4, 0.5) is 0 Å². The molecule has 0 saturated heterocycles. The van der Waals surface area contributed by atoms with E-state index in [4.69, 9.17) is 21.4 Å². The van der Waals surface area contributed by atoms with E-state index in [-0.39, 0.29) is 24.1 Å². The normalized spacial score (nSPS) is 13.5. The van der Waals surface area contributed by atoms with Gasteiger partial charge in [-0.15, -0.1) is 11.6 Å². The molecule has 0 aromatic heterocycles. The lowest BCUT2D eigenvalue weighted by Gasteiger charge is -2.22. The lowest BCUT2D eigenvalue weighted by atomic mass is 10.0. The number of methoxy groups -OCH3 is 1. The SMILES string of the molecule is CCCCCCCCC(OCCO)C(Cl)CCCCCCCC(=O)OC. The van der Waals surface area contributed by atoms with Crippen LogP contribution >= 0.6 is 11.6 Å². The maximum atomic E-state index is 11.0. The number of hydrogen-bond acceptors (Lipinski definition) is 4. The van der Waals surface area contributed by atoms with Gasteiger partial charge in [-0.05, 0) is 19.3 Å². The van der Waals surface area contributed by atoms with E-state index in [0.29, 0.717) is 13.0 Å². The van der Waals surface area contributed by atoms with Gasteiger partial charge in [0.15, 0.2) is 0 Å². The highest BCUT2D eigenvalue weighted by atomic mass is 35.5. The molecule has 0 radical (unpaired) electrons. The molecular formula is C21H41ClO4. The topological polar surface area (TPSA) is 55.8 Å². The summed E-state index contributed by atoms with van der Waals surface area (Å²) < 4.78 is 10.4. The molecule has 0 aliphatic rings. The number of esters is 1. The van der Waals surface area contributed by atoms with Gasteiger partial charge in [-0.25, -0.2) is 0 Å². The van der Waals surface area contributed by atoms with Gasteiger partial charge in [0.25, 0.3) is 0 Å². The van der Waals surface area contributed by atoms with Crippen LogP contribution in [0.5, 0.6) is 0 Å².